The topological polar surface area (TPSA) is 26.3 Å². The summed E-state index contributed by atoms with van der Waals surface area (Å²) in [6, 6.07) is 4.26. The normalized spacial score (nSPS) is 10.2. The second-order valence-electron chi connectivity index (χ2n) is 4.20. The fourth-order valence-corrected chi connectivity index (χ4v) is 1.71. The van der Waals surface area contributed by atoms with Gasteiger partial charge >= 0.3 is 0 Å². The second-order valence-corrected chi connectivity index (χ2v) is 4.20. The van der Waals surface area contributed by atoms with Crippen molar-refractivity contribution >= 4 is 6.29 Å². The van der Waals surface area contributed by atoms with Crippen LogP contribution in [0.15, 0.2) is 36.4 Å². The van der Waals surface area contributed by atoms with Gasteiger partial charge < -0.3 is 4.74 Å². The van der Waals surface area contributed by atoms with Crippen LogP contribution >= 0.6 is 0 Å². The average molecular weight is 246 g/mol. The standard InChI is InChI=1S/C10H14O.C6H8O/c1-7-5-8(2)10(11-4)9(3)6-7;1-3-4-6(2)5-7/h5-6H,1-4H3;3-5H,1H2,2H3/b;6-4-. The van der Waals surface area contributed by atoms with Gasteiger partial charge in [0.05, 0.1) is 7.11 Å². The predicted octanol–water partition coefficient (Wildman–Crippen LogP) is 3.94. The van der Waals surface area contributed by atoms with Crippen LogP contribution in [0.5, 0.6) is 5.75 Å². The summed E-state index contributed by atoms with van der Waals surface area (Å²) < 4.78 is 5.23. The zero-order chi connectivity index (χ0) is 14.1. The molecule has 2 nitrogen and oxygen atoms in total. The van der Waals surface area contributed by atoms with Crippen LogP contribution < -0.4 is 4.74 Å². The first-order valence-corrected chi connectivity index (χ1v) is 5.82. The largest absolute Gasteiger partial charge is 0.496 e. The third kappa shape index (κ3) is 5.48. The first-order chi connectivity index (χ1) is 8.46. The van der Waals surface area contributed by atoms with Gasteiger partial charge in [-0.15, -0.1) is 0 Å². The van der Waals surface area contributed by atoms with Gasteiger partial charge in [-0.2, -0.15) is 0 Å². The van der Waals surface area contributed by atoms with Crippen LogP contribution in [-0.2, 0) is 4.79 Å². The fourth-order valence-electron chi connectivity index (χ4n) is 1.71. The highest BCUT2D eigenvalue weighted by atomic mass is 16.5. The van der Waals surface area contributed by atoms with E-state index in [0.29, 0.717) is 5.57 Å². The molecular formula is C16H22O2. The molecule has 0 aromatic heterocycles. The molecule has 0 aliphatic heterocycles. The van der Waals surface area contributed by atoms with Crippen molar-refractivity contribution in [3.8, 4) is 5.75 Å². The first kappa shape index (κ1) is 16.2. The predicted molar refractivity (Wildman–Crippen MR) is 77.2 cm³/mol. The van der Waals surface area contributed by atoms with Crippen LogP contribution in [0.3, 0.4) is 0 Å². The molecule has 0 N–H and O–H groups in total. The summed E-state index contributed by atoms with van der Waals surface area (Å²) in [5, 5.41) is 0. The summed E-state index contributed by atoms with van der Waals surface area (Å²) in [5.41, 5.74) is 4.42. The van der Waals surface area contributed by atoms with Crippen molar-refractivity contribution in [3.63, 3.8) is 0 Å². The molecule has 98 valence electrons. The third-order valence-corrected chi connectivity index (χ3v) is 2.38. The van der Waals surface area contributed by atoms with Crippen LogP contribution in [0.1, 0.15) is 23.6 Å². The highest BCUT2D eigenvalue weighted by molar-refractivity contribution is 5.72. The van der Waals surface area contributed by atoms with Crippen LogP contribution in [0.4, 0.5) is 0 Å². The molecular weight excluding hydrogens is 224 g/mol. The molecule has 0 heterocycles. The van der Waals surface area contributed by atoms with Crippen LogP contribution in [0, 0.1) is 20.8 Å². The van der Waals surface area contributed by atoms with E-state index in [1.54, 1.807) is 26.2 Å². The number of hydrogen-bond acceptors (Lipinski definition) is 2. The number of allylic oxidation sites excluding steroid dienone is 3. The Bertz CT molecular complexity index is 419. The summed E-state index contributed by atoms with van der Waals surface area (Å²) in [4.78, 5) is 9.78. The molecule has 0 saturated heterocycles. The van der Waals surface area contributed by atoms with E-state index in [9.17, 15) is 4.79 Å². The van der Waals surface area contributed by atoms with E-state index in [4.69, 9.17) is 4.74 Å². The van der Waals surface area contributed by atoms with Crippen molar-refractivity contribution in [2.24, 2.45) is 0 Å². The maximum absolute atomic E-state index is 9.78. The van der Waals surface area contributed by atoms with Crippen LogP contribution in [-0.4, -0.2) is 13.4 Å². The third-order valence-electron chi connectivity index (χ3n) is 2.38. The maximum Gasteiger partial charge on any atom is 0.145 e. The summed E-state index contributed by atoms with van der Waals surface area (Å²) in [7, 11) is 1.71. The lowest BCUT2D eigenvalue weighted by molar-refractivity contribution is -0.104. The number of methoxy groups -OCH3 is 1. The van der Waals surface area contributed by atoms with Crippen LogP contribution in [0.25, 0.3) is 0 Å². The Morgan fingerprint density at radius 1 is 1.22 bits per heavy atom. The quantitative estimate of drug-likeness (QED) is 0.459. The molecule has 18 heavy (non-hydrogen) atoms. The minimum absolute atomic E-state index is 0.704. The highest BCUT2D eigenvalue weighted by Crippen LogP contribution is 2.23. The summed E-state index contributed by atoms with van der Waals surface area (Å²) in [6.45, 7) is 11.4. The molecule has 0 saturated carbocycles. The lowest BCUT2D eigenvalue weighted by Gasteiger charge is -2.08. The first-order valence-electron chi connectivity index (χ1n) is 5.82. The lowest BCUT2D eigenvalue weighted by Crippen LogP contribution is -1.91. The smallest absolute Gasteiger partial charge is 0.145 e. The molecule has 0 aliphatic rings. The van der Waals surface area contributed by atoms with E-state index in [-0.39, 0.29) is 0 Å². The molecule has 0 fully saturated rings. The van der Waals surface area contributed by atoms with E-state index in [0.717, 1.165) is 12.0 Å². The van der Waals surface area contributed by atoms with Crippen molar-refractivity contribution in [1.82, 2.24) is 0 Å². The summed E-state index contributed by atoms with van der Waals surface area (Å²) in [6.07, 6.45) is 4.04. The minimum atomic E-state index is 0.704. The number of hydrogen-bond donors (Lipinski definition) is 0. The Morgan fingerprint density at radius 3 is 2.00 bits per heavy atom. The zero-order valence-electron chi connectivity index (χ0n) is 11.9. The Hall–Kier alpha value is -1.83. The number of aryl methyl sites for hydroxylation is 3. The van der Waals surface area contributed by atoms with E-state index in [2.05, 4.69) is 39.5 Å². The van der Waals surface area contributed by atoms with E-state index in [1.165, 1.54) is 16.7 Å². The Labute approximate surface area is 110 Å². The van der Waals surface area contributed by atoms with Crippen LogP contribution in [0.2, 0.25) is 0 Å². The molecule has 1 aromatic rings. The lowest BCUT2D eigenvalue weighted by atomic mass is 10.1. The summed E-state index contributed by atoms with van der Waals surface area (Å²) >= 11 is 0. The molecule has 0 amide bonds. The van der Waals surface area contributed by atoms with Gasteiger partial charge in [0.1, 0.15) is 12.0 Å². The minimum Gasteiger partial charge on any atom is -0.496 e. The molecule has 0 bridgehead atoms. The molecule has 1 rings (SSSR count). The zero-order valence-corrected chi connectivity index (χ0v) is 11.9. The van der Waals surface area contributed by atoms with Crippen molar-refractivity contribution in [1.29, 1.82) is 0 Å². The number of ether oxygens (including phenoxy) is 1. The Kier molecular flexibility index (Phi) is 7.45. The second kappa shape index (κ2) is 8.29. The SMILES string of the molecule is C=C/C=C(/C)C=O.COc1c(C)cc(C)cc1C. The van der Waals surface area contributed by atoms with Gasteiger partial charge in [0, 0.05) is 0 Å². The average Bonchev–Trinajstić information content (AvgIpc) is 2.29. The van der Waals surface area contributed by atoms with Gasteiger partial charge in [-0.3, -0.25) is 4.79 Å². The van der Waals surface area contributed by atoms with Gasteiger partial charge in [0.2, 0.25) is 0 Å². The number of carbonyl (C=O) groups is 1. The molecule has 0 atom stereocenters. The summed E-state index contributed by atoms with van der Waals surface area (Å²) in [5.74, 6) is 1.01. The molecule has 1 aromatic carbocycles. The fraction of sp³-hybridized carbons (Fsp3) is 0.312. The highest BCUT2D eigenvalue weighted by Gasteiger charge is 2.01. The molecule has 0 unspecified atom stereocenters. The van der Waals surface area contributed by atoms with Gasteiger partial charge in [0.25, 0.3) is 0 Å². The van der Waals surface area contributed by atoms with Gasteiger partial charge in [-0.05, 0) is 44.4 Å². The van der Waals surface area contributed by atoms with Gasteiger partial charge in [-0.1, -0.05) is 36.4 Å². The van der Waals surface area contributed by atoms with Crippen molar-refractivity contribution in [2.45, 2.75) is 27.7 Å². The number of aldehydes is 1. The Morgan fingerprint density at radius 2 is 1.72 bits per heavy atom. The van der Waals surface area contributed by atoms with E-state index < -0.39 is 0 Å². The molecule has 0 radical (unpaired) electrons. The molecule has 0 spiro atoms. The van der Waals surface area contributed by atoms with Crippen molar-refractivity contribution < 1.29 is 9.53 Å². The molecule has 0 aliphatic carbocycles. The van der Waals surface area contributed by atoms with Crippen molar-refractivity contribution in [2.75, 3.05) is 7.11 Å². The number of benzene rings is 1. The van der Waals surface area contributed by atoms with E-state index >= 15 is 0 Å². The van der Waals surface area contributed by atoms with Crippen molar-refractivity contribution in [3.05, 3.63) is 53.1 Å². The monoisotopic (exact) mass is 246 g/mol. The number of carbonyl (C=O) groups excluding carboxylic acids is 1. The molecule has 2 heteroatoms. The maximum atomic E-state index is 9.78. The van der Waals surface area contributed by atoms with E-state index in [1.807, 2.05) is 0 Å². The van der Waals surface area contributed by atoms with Gasteiger partial charge in [0.15, 0.2) is 0 Å². The Balaban J connectivity index is 0.000000360. The number of rotatable bonds is 3. The van der Waals surface area contributed by atoms with Gasteiger partial charge in [-0.25, -0.2) is 0 Å².